The van der Waals surface area contributed by atoms with Crippen molar-refractivity contribution in [1.82, 2.24) is 15.1 Å². The third kappa shape index (κ3) is 4.95. The highest BCUT2D eigenvalue weighted by atomic mass is 19.4. The molecular formula is C22H21F4N5O3. The van der Waals surface area contributed by atoms with Gasteiger partial charge in [0.05, 0.1) is 16.7 Å². The Balaban J connectivity index is 1.87. The minimum atomic E-state index is -4.75. The molecule has 3 aromatic rings. The molecule has 5 N–H and O–H groups in total. The minimum Gasteiger partial charge on any atom is -0.496 e. The number of amides is 2. The number of carbonyl (C=O) groups is 2. The van der Waals surface area contributed by atoms with Crippen molar-refractivity contribution in [3.8, 4) is 17.0 Å². The summed E-state index contributed by atoms with van der Waals surface area (Å²) in [5.41, 5.74) is 4.81. The van der Waals surface area contributed by atoms with Gasteiger partial charge < -0.3 is 21.5 Å². The van der Waals surface area contributed by atoms with Gasteiger partial charge in [0, 0.05) is 12.1 Å². The summed E-state index contributed by atoms with van der Waals surface area (Å²) in [7, 11) is -2.88. The molecule has 0 radical (unpaired) electrons. The number of nitrogens with one attached hydrogen (secondary N) is 1. The Morgan fingerprint density at radius 2 is 1.97 bits per heavy atom. The lowest BCUT2D eigenvalue weighted by Crippen LogP contribution is -2.26. The van der Waals surface area contributed by atoms with Gasteiger partial charge in [0.25, 0.3) is 11.8 Å². The monoisotopic (exact) mass is 484 g/mol. The lowest BCUT2D eigenvalue weighted by atomic mass is 10.0. The summed E-state index contributed by atoms with van der Waals surface area (Å²) in [5.74, 6) is -3.98. The summed E-state index contributed by atoms with van der Waals surface area (Å²) in [6.45, 7) is 0.642. The van der Waals surface area contributed by atoms with E-state index >= 15 is 0 Å². The maximum atomic E-state index is 13.7. The zero-order valence-electron chi connectivity index (χ0n) is 22.5. The highest BCUT2D eigenvalue weighted by Gasteiger charge is 2.40. The van der Waals surface area contributed by atoms with Gasteiger partial charge in [0.2, 0.25) is 0 Å². The van der Waals surface area contributed by atoms with E-state index in [2.05, 4.69) is 10.4 Å². The van der Waals surface area contributed by atoms with Crippen LogP contribution in [0.1, 0.15) is 43.4 Å². The number of rotatable bonds is 7. The van der Waals surface area contributed by atoms with E-state index in [1.54, 1.807) is 0 Å². The molecule has 0 bridgehead atoms. The smallest absolute Gasteiger partial charge is 0.410 e. The van der Waals surface area contributed by atoms with Gasteiger partial charge in [0.15, 0.2) is 2.82 Å². The van der Waals surface area contributed by atoms with Crippen LogP contribution in [0.25, 0.3) is 11.3 Å². The quantitative estimate of drug-likeness (QED) is 0.443. The molecule has 1 unspecified atom stereocenters. The van der Waals surface area contributed by atoms with Crippen molar-refractivity contribution in [2.24, 2.45) is 5.72 Å². The number of methoxy groups -OCH3 is 1. The predicted molar refractivity (Wildman–Crippen MR) is 115 cm³/mol. The van der Waals surface area contributed by atoms with Crippen LogP contribution < -0.4 is 21.5 Å². The van der Waals surface area contributed by atoms with Crippen LogP contribution in [-0.4, -0.2) is 34.8 Å². The first kappa shape index (κ1) is 18.3. The third-order valence-electron chi connectivity index (χ3n) is 4.98. The maximum absolute atomic E-state index is 13.7. The van der Waals surface area contributed by atoms with Crippen molar-refractivity contribution in [3.63, 3.8) is 0 Å². The normalized spacial score (nSPS) is 14.7. The van der Waals surface area contributed by atoms with Gasteiger partial charge in [-0.2, -0.15) is 18.3 Å². The molecule has 0 saturated carbocycles. The van der Waals surface area contributed by atoms with E-state index in [9.17, 15) is 27.2 Å². The fourth-order valence-electron chi connectivity index (χ4n) is 3.12. The number of benzene rings is 2. The number of alkyl halides is 3. The molecule has 180 valence electrons. The molecule has 1 aromatic heterocycles. The Hall–Kier alpha value is -4.09. The van der Waals surface area contributed by atoms with Crippen LogP contribution in [0.2, 0.25) is 2.82 Å². The van der Waals surface area contributed by atoms with E-state index in [4.69, 9.17) is 17.4 Å². The summed E-state index contributed by atoms with van der Waals surface area (Å²) in [6.07, 6.45) is -4.75. The Morgan fingerprint density at radius 3 is 2.59 bits per heavy atom. The van der Waals surface area contributed by atoms with E-state index in [1.807, 2.05) is 0 Å². The molecule has 1 heterocycles. The second-order valence-corrected chi connectivity index (χ2v) is 7.20. The van der Waals surface area contributed by atoms with Crippen molar-refractivity contribution in [2.45, 2.75) is 25.7 Å². The number of nitrogens with zero attached hydrogens (tertiary/aromatic N) is 2. The van der Waals surface area contributed by atoms with Crippen LogP contribution in [0, 0.1) is 5.82 Å². The highest BCUT2D eigenvalue weighted by Crippen LogP contribution is 2.35. The van der Waals surface area contributed by atoms with Crippen molar-refractivity contribution in [2.75, 3.05) is 12.8 Å². The molecule has 3 rings (SSSR count). The highest BCUT2D eigenvalue weighted by molar-refractivity contribution is 6.03. The van der Waals surface area contributed by atoms with Gasteiger partial charge in [-0.25, -0.2) is 9.07 Å². The molecule has 12 heteroatoms. The fourth-order valence-corrected chi connectivity index (χ4v) is 3.12. The second-order valence-electron chi connectivity index (χ2n) is 7.20. The third-order valence-corrected chi connectivity index (χ3v) is 4.98. The number of ether oxygens (including phenoxy) is 1. The Labute approximate surface area is 198 Å². The number of aromatic nitrogens is 2. The molecule has 2 aromatic carbocycles. The van der Waals surface area contributed by atoms with Crippen LogP contribution in [0.4, 0.5) is 23.4 Å². The second kappa shape index (κ2) is 9.41. The molecule has 0 aliphatic carbocycles. The number of nitrogen functional groups attached to an aromatic ring is 1. The summed E-state index contributed by atoms with van der Waals surface area (Å²) < 4.78 is 94.7. The Morgan fingerprint density at radius 1 is 1.26 bits per heavy atom. The summed E-state index contributed by atoms with van der Waals surface area (Å²) in [4.78, 5) is 25.0. The fraction of sp³-hybridized carbons (Fsp3) is 0.227. The Kier molecular flexibility index (Phi) is 5.08. The lowest BCUT2D eigenvalue weighted by Gasteiger charge is -2.17. The molecular weight excluding hydrogens is 458 g/mol. The topological polar surface area (TPSA) is 125 Å². The molecule has 2 amide bonds. The van der Waals surface area contributed by atoms with E-state index in [0.29, 0.717) is 10.2 Å². The first-order valence-electron chi connectivity index (χ1n) is 12.0. The van der Waals surface area contributed by atoms with E-state index in [-0.39, 0.29) is 34.8 Å². The van der Waals surface area contributed by atoms with Crippen LogP contribution in [0.5, 0.6) is 5.75 Å². The number of carbonyl (C=O) groups excluding carboxylic acids is 2. The number of hydrogen-bond donors (Lipinski definition) is 3. The van der Waals surface area contributed by atoms with Crippen molar-refractivity contribution >= 4 is 17.6 Å². The zero-order valence-corrected chi connectivity index (χ0v) is 17.5. The number of primary amides is 1. The van der Waals surface area contributed by atoms with E-state index < -0.39 is 48.3 Å². The standard InChI is InChI=1S/C22H21F4N5O3/c1-11(22(24,25)26)31-19(27)17(20(28)32)18(30-31)13-5-3-12(4-6-13)10-29-21(33)15-9-14(23)7-8-16(15)34-2/h3-9,11H,10,27H2,1-2H3,(H2,28,32)(H,29,33)/i2D3/hD2. The molecule has 1 atom stereocenters. The molecule has 34 heavy (non-hydrogen) atoms. The Bertz CT molecular complexity index is 1380. The maximum Gasteiger partial charge on any atom is 0.410 e. The van der Waals surface area contributed by atoms with Crippen LogP contribution >= 0.6 is 0 Å². The average Bonchev–Trinajstić information content (AvgIpc) is 3.18. The minimum absolute atomic E-state index is 0.133. The molecule has 0 saturated heterocycles. The molecule has 0 spiro atoms. The number of anilines is 1. The van der Waals surface area contributed by atoms with Crippen molar-refractivity contribution in [1.29, 1.82) is 0 Å². The molecule has 0 fully saturated rings. The summed E-state index contributed by atoms with van der Waals surface area (Å²) in [5, 5.41) is 6.31. The first-order chi connectivity index (χ1) is 18.0. The largest absolute Gasteiger partial charge is 0.496 e. The lowest BCUT2D eigenvalue weighted by molar-refractivity contribution is -0.164. The summed E-state index contributed by atoms with van der Waals surface area (Å²) >= 11 is 0. The van der Waals surface area contributed by atoms with E-state index in [0.717, 1.165) is 25.1 Å². The SMILES string of the molecule is [2H]N([2H])C(=O)c1c(-c2ccc(CNC(=O)c3cc(F)ccc3OC([2H])([2H])[2H])cc2)nn(C(C)C(F)(F)F)c1N. The average molecular weight is 484 g/mol. The number of nitrogens with two attached hydrogens (primary N) is 2. The van der Waals surface area contributed by atoms with Crippen LogP contribution in [0.3, 0.4) is 0 Å². The predicted octanol–water partition coefficient (Wildman–Crippen LogP) is 3.43. The summed E-state index contributed by atoms with van der Waals surface area (Å²) in [6, 6.07) is 6.15. The van der Waals surface area contributed by atoms with E-state index in [1.165, 1.54) is 24.3 Å². The van der Waals surface area contributed by atoms with Gasteiger partial charge >= 0.3 is 6.18 Å². The molecule has 0 aliphatic rings. The molecule has 0 aliphatic heterocycles. The van der Waals surface area contributed by atoms with Gasteiger partial charge in [0.1, 0.15) is 34.7 Å². The van der Waals surface area contributed by atoms with Crippen molar-refractivity contribution < 1.29 is 38.8 Å². The first-order valence-corrected chi connectivity index (χ1v) is 9.62. The zero-order chi connectivity index (χ0) is 29.3. The number of halogens is 4. The van der Waals surface area contributed by atoms with Crippen molar-refractivity contribution in [3.05, 3.63) is 65.0 Å². The number of hydrogen-bond acceptors (Lipinski definition) is 5. The van der Waals surface area contributed by atoms with Gasteiger partial charge in [-0.15, -0.1) is 0 Å². The van der Waals surface area contributed by atoms with Gasteiger partial charge in [-0.3, -0.25) is 9.59 Å². The van der Waals surface area contributed by atoms with Crippen LogP contribution in [-0.2, 0) is 6.54 Å². The van der Waals surface area contributed by atoms with Gasteiger partial charge in [-0.1, -0.05) is 24.3 Å². The van der Waals surface area contributed by atoms with Crippen LogP contribution in [0.15, 0.2) is 42.5 Å². The molecule has 8 nitrogen and oxygen atoms in total. The van der Waals surface area contributed by atoms with Gasteiger partial charge in [-0.05, 0) is 30.7 Å².